The Morgan fingerprint density at radius 2 is 1.45 bits per heavy atom. The normalized spacial score (nSPS) is 13.3. The fourth-order valence-corrected chi connectivity index (χ4v) is 3.82. The smallest absolute Gasteiger partial charge is 0.263 e. The molecule has 0 saturated carbocycles. The summed E-state index contributed by atoms with van der Waals surface area (Å²) in [5, 5.41) is 4.11. The van der Waals surface area contributed by atoms with Crippen LogP contribution in [-0.2, 0) is 11.2 Å². The Labute approximate surface area is 202 Å². The molecule has 0 fully saturated rings. The van der Waals surface area contributed by atoms with E-state index < -0.39 is 29.2 Å². The lowest BCUT2D eigenvalue weighted by Gasteiger charge is -2.31. The summed E-state index contributed by atoms with van der Waals surface area (Å²) >= 11 is 11.9. The Bertz CT molecular complexity index is 1080. The molecule has 0 saturated heterocycles. The van der Waals surface area contributed by atoms with Gasteiger partial charge in [-0.15, -0.1) is 0 Å². The van der Waals surface area contributed by atoms with Crippen molar-refractivity contribution in [3.63, 3.8) is 0 Å². The highest BCUT2D eigenvalue weighted by Gasteiger charge is 2.33. The molecule has 2 unspecified atom stereocenters. The zero-order chi connectivity index (χ0) is 24.2. The number of hydrogen-bond donors (Lipinski definition) is 1. The van der Waals surface area contributed by atoms with Crippen LogP contribution in [-0.4, -0.2) is 17.6 Å². The molecule has 0 aliphatic heterocycles. The molecule has 33 heavy (non-hydrogen) atoms. The highest BCUT2D eigenvalue weighted by molar-refractivity contribution is 6.30. The zero-order valence-corrected chi connectivity index (χ0v) is 20.1. The zero-order valence-electron chi connectivity index (χ0n) is 18.5. The number of benzene rings is 3. The number of carbonyl (C=O) groups excluding carboxylic acids is 1. The largest absolute Gasteiger partial charge is 0.478 e. The Morgan fingerprint density at radius 3 is 2.00 bits per heavy atom. The van der Waals surface area contributed by atoms with E-state index >= 15 is 0 Å². The first kappa shape index (κ1) is 25.0. The second-order valence-electron chi connectivity index (χ2n) is 8.47. The molecule has 0 spiro atoms. The van der Waals surface area contributed by atoms with E-state index in [4.69, 9.17) is 27.9 Å². The molecule has 0 radical (unpaired) electrons. The number of nitrogens with one attached hydrogen (secondary N) is 1. The lowest BCUT2D eigenvalue weighted by atomic mass is 9.86. The van der Waals surface area contributed by atoms with Gasteiger partial charge in [0.2, 0.25) is 0 Å². The summed E-state index contributed by atoms with van der Waals surface area (Å²) in [6.07, 6.45) is 0.444. The highest BCUT2D eigenvalue weighted by Crippen LogP contribution is 2.28. The van der Waals surface area contributed by atoms with Gasteiger partial charge in [0, 0.05) is 28.1 Å². The molecule has 174 valence electrons. The van der Waals surface area contributed by atoms with Crippen LogP contribution in [0.5, 0.6) is 5.75 Å². The number of amides is 1. The van der Waals surface area contributed by atoms with Crippen LogP contribution in [0.2, 0.25) is 10.0 Å². The second kappa shape index (κ2) is 10.5. The third-order valence-electron chi connectivity index (χ3n) is 5.38. The predicted molar refractivity (Wildman–Crippen MR) is 128 cm³/mol. The van der Waals surface area contributed by atoms with Crippen LogP contribution in [0.15, 0.2) is 66.7 Å². The molecule has 2 atom stereocenters. The number of rotatable bonds is 8. The Hall–Kier alpha value is -2.63. The van der Waals surface area contributed by atoms with E-state index in [1.165, 1.54) is 12.1 Å². The SMILES string of the molecule is CC(NC(=O)C(C)(C)Oc1ccc(Cl)cc1)C(Cc1ccc(Cl)cc1)c1cc(F)cc(F)c1. The predicted octanol–water partition coefficient (Wildman–Crippen LogP) is 6.96. The summed E-state index contributed by atoms with van der Waals surface area (Å²) in [6, 6.07) is 16.9. The van der Waals surface area contributed by atoms with Gasteiger partial charge in [-0.25, -0.2) is 8.78 Å². The minimum Gasteiger partial charge on any atom is -0.478 e. The van der Waals surface area contributed by atoms with Gasteiger partial charge in [0.05, 0.1) is 0 Å². The monoisotopic (exact) mass is 491 g/mol. The fraction of sp³-hybridized carbons (Fsp3) is 0.269. The van der Waals surface area contributed by atoms with E-state index in [9.17, 15) is 13.6 Å². The summed E-state index contributed by atoms with van der Waals surface area (Å²) < 4.78 is 33.9. The van der Waals surface area contributed by atoms with Crippen LogP contribution in [0.25, 0.3) is 0 Å². The maximum absolute atomic E-state index is 14.0. The quantitative estimate of drug-likeness (QED) is 0.369. The molecule has 3 rings (SSSR count). The molecule has 0 heterocycles. The van der Waals surface area contributed by atoms with Gasteiger partial charge in [0.1, 0.15) is 17.4 Å². The summed E-state index contributed by atoms with van der Waals surface area (Å²) in [4.78, 5) is 13.1. The number of ether oxygens (including phenoxy) is 1. The second-order valence-corrected chi connectivity index (χ2v) is 9.34. The van der Waals surface area contributed by atoms with Crippen molar-refractivity contribution >= 4 is 29.1 Å². The number of halogens is 4. The fourth-order valence-electron chi connectivity index (χ4n) is 3.57. The minimum atomic E-state index is -1.19. The maximum atomic E-state index is 14.0. The van der Waals surface area contributed by atoms with Gasteiger partial charge in [-0.2, -0.15) is 0 Å². The van der Waals surface area contributed by atoms with E-state index in [0.717, 1.165) is 11.6 Å². The lowest BCUT2D eigenvalue weighted by molar-refractivity contribution is -0.135. The average molecular weight is 492 g/mol. The van der Waals surface area contributed by atoms with Crippen LogP contribution in [0.3, 0.4) is 0 Å². The van der Waals surface area contributed by atoms with Crippen LogP contribution < -0.4 is 10.1 Å². The molecule has 0 aliphatic carbocycles. The first-order valence-electron chi connectivity index (χ1n) is 10.5. The Morgan fingerprint density at radius 1 is 0.939 bits per heavy atom. The Kier molecular flexibility index (Phi) is 7.98. The third-order valence-corrected chi connectivity index (χ3v) is 5.88. The first-order chi connectivity index (χ1) is 15.5. The molecule has 0 aliphatic rings. The lowest BCUT2D eigenvalue weighted by Crippen LogP contribution is -2.51. The van der Waals surface area contributed by atoms with Crippen molar-refractivity contribution in [1.29, 1.82) is 0 Å². The van der Waals surface area contributed by atoms with E-state index in [0.29, 0.717) is 27.8 Å². The van der Waals surface area contributed by atoms with Gasteiger partial charge >= 0.3 is 0 Å². The summed E-state index contributed by atoms with van der Waals surface area (Å²) in [6.45, 7) is 5.11. The van der Waals surface area contributed by atoms with Gasteiger partial charge in [0.15, 0.2) is 5.60 Å². The van der Waals surface area contributed by atoms with Crippen molar-refractivity contribution in [1.82, 2.24) is 5.32 Å². The van der Waals surface area contributed by atoms with E-state index in [2.05, 4.69) is 5.32 Å². The summed E-state index contributed by atoms with van der Waals surface area (Å²) in [7, 11) is 0. The summed E-state index contributed by atoms with van der Waals surface area (Å²) in [5.41, 5.74) is 0.179. The van der Waals surface area contributed by atoms with Gasteiger partial charge in [-0.1, -0.05) is 35.3 Å². The van der Waals surface area contributed by atoms with Crippen LogP contribution >= 0.6 is 23.2 Å². The van der Waals surface area contributed by atoms with Crippen molar-refractivity contribution in [3.8, 4) is 5.75 Å². The van der Waals surface area contributed by atoms with Gasteiger partial charge in [-0.05, 0) is 86.8 Å². The topological polar surface area (TPSA) is 38.3 Å². The van der Waals surface area contributed by atoms with Crippen molar-refractivity contribution in [2.45, 2.75) is 44.8 Å². The molecule has 3 nitrogen and oxygen atoms in total. The average Bonchev–Trinajstić information content (AvgIpc) is 2.74. The maximum Gasteiger partial charge on any atom is 0.263 e. The molecule has 1 N–H and O–H groups in total. The third kappa shape index (κ3) is 6.92. The molecule has 7 heteroatoms. The molecule has 1 amide bonds. The van der Waals surface area contributed by atoms with E-state index in [1.54, 1.807) is 57.2 Å². The molecular weight excluding hydrogens is 467 g/mol. The standard InChI is InChI=1S/C26H25Cl2F2NO2/c1-16(31-25(32)26(2,3)33-23-10-8-20(28)9-11-23)24(12-17-4-6-19(27)7-5-17)18-13-21(29)15-22(30)14-18/h4-11,13-16,24H,12H2,1-3H3,(H,31,32). The van der Waals surface area contributed by atoms with Crippen molar-refractivity contribution in [2.75, 3.05) is 0 Å². The Balaban J connectivity index is 1.82. The van der Waals surface area contributed by atoms with Gasteiger partial charge < -0.3 is 10.1 Å². The van der Waals surface area contributed by atoms with Crippen molar-refractivity contribution in [3.05, 3.63) is 99.5 Å². The van der Waals surface area contributed by atoms with E-state index in [-0.39, 0.29) is 5.91 Å². The molecule has 0 aromatic heterocycles. The first-order valence-corrected chi connectivity index (χ1v) is 11.2. The molecular formula is C26H25Cl2F2NO2. The van der Waals surface area contributed by atoms with Gasteiger partial charge in [-0.3, -0.25) is 4.79 Å². The minimum absolute atomic E-state index is 0.358. The van der Waals surface area contributed by atoms with Gasteiger partial charge in [0.25, 0.3) is 5.91 Å². The van der Waals surface area contributed by atoms with Crippen LogP contribution in [0, 0.1) is 11.6 Å². The van der Waals surface area contributed by atoms with Crippen LogP contribution in [0.4, 0.5) is 8.78 Å². The number of carbonyl (C=O) groups is 1. The summed E-state index contributed by atoms with van der Waals surface area (Å²) in [5.74, 6) is -1.60. The highest BCUT2D eigenvalue weighted by atomic mass is 35.5. The van der Waals surface area contributed by atoms with Crippen molar-refractivity contribution < 1.29 is 18.3 Å². The number of hydrogen-bond acceptors (Lipinski definition) is 2. The van der Waals surface area contributed by atoms with Crippen LogP contribution in [0.1, 0.15) is 37.8 Å². The molecule has 0 bridgehead atoms. The molecule has 3 aromatic rings. The van der Waals surface area contributed by atoms with Crippen molar-refractivity contribution in [2.24, 2.45) is 0 Å². The van der Waals surface area contributed by atoms with E-state index in [1.807, 2.05) is 12.1 Å². The molecule has 3 aromatic carbocycles.